The number of amidine groups is 3. The summed E-state index contributed by atoms with van der Waals surface area (Å²) in [6.07, 6.45) is 22.5. The van der Waals surface area contributed by atoms with E-state index in [1.54, 1.807) is 0 Å². The normalized spacial score (nSPS) is 32.4. The molecule has 10 bridgehead atoms. The molecule has 4 aromatic rings. The van der Waals surface area contributed by atoms with Gasteiger partial charge >= 0.3 is 8.88 Å². The molecule has 0 saturated heterocycles. The summed E-state index contributed by atoms with van der Waals surface area (Å²) in [7, 11) is -3.99. The Kier molecular flexibility index (Phi) is 7.18. The van der Waals surface area contributed by atoms with Crippen LogP contribution in [0.1, 0.15) is 99.0 Å². The summed E-state index contributed by atoms with van der Waals surface area (Å²) in [5, 5.41) is 2.06. The molecule has 0 radical (unpaired) electrons. The van der Waals surface area contributed by atoms with Crippen molar-refractivity contribution >= 4 is 54.9 Å². The Hall–Kier alpha value is -4.97. The van der Waals surface area contributed by atoms with E-state index in [1.807, 2.05) is 0 Å². The van der Waals surface area contributed by atoms with Crippen LogP contribution < -0.4 is 11.0 Å². The van der Waals surface area contributed by atoms with Crippen molar-refractivity contribution in [3.8, 4) is 0 Å². The van der Waals surface area contributed by atoms with E-state index in [0.29, 0.717) is 42.7 Å². The molecule has 6 aliphatic carbocycles. The van der Waals surface area contributed by atoms with Crippen molar-refractivity contribution in [1.29, 1.82) is 0 Å². The summed E-state index contributed by atoms with van der Waals surface area (Å²) in [6.45, 7) is 1.25. The van der Waals surface area contributed by atoms with Gasteiger partial charge in [0, 0.05) is 57.4 Å². The van der Waals surface area contributed by atoms with Gasteiger partial charge in [-0.2, -0.15) is 0 Å². The number of benzene rings is 2. The summed E-state index contributed by atoms with van der Waals surface area (Å²) in [4.78, 5) is 32.1. The molecule has 6 heterocycles. The average Bonchev–Trinajstić information content (AvgIpc) is 4.17. The van der Waals surface area contributed by atoms with E-state index in [2.05, 4.69) is 86.6 Å². The molecule has 2 aromatic carbocycles. The number of nitrogens with zero attached hydrogens (tertiary/aromatic N) is 7. The minimum Gasteiger partial charge on any atom is -0.361 e. The van der Waals surface area contributed by atoms with E-state index in [0.717, 1.165) is 105 Å². The van der Waals surface area contributed by atoms with Crippen molar-refractivity contribution in [3.63, 3.8) is 0 Å². The molecule has 0 amide bonds. The van der Waals surface area contributed by atoms with Gasteiger partial charge in [0.05, 0.1) is 0 Å². The first-order chi connectivity index (χ1) is 29.2. The molecule has 14 rings (SSSR count). The quantitative estimate of drug-likeness (QED) is 0.198. The molecule has 4 aliphatic heterocycles. The zero-order valence-electron chi connectivity index (χ0n) is 33.3. The van der Waals surface area contributed by atoms with Crippen molar-refractivity contribution in [3.05, 3.63) is 111 Å². The summed E-state index contributed by atoms with van der Waals surface area (Å²) < 4.78 is 20.9. The Bertz CT molecular complexity index is 2810. The number of rotatable bonds is 6. The number of aliphatic imine (C=N–C) groups is 3. The fraction of sp³-hybridized carbons (Fsp3) is 0.438. The lowest BCUT2D eigenvalue weighted by atomic mass is 9.90. The van der Waals surface area contributed by atoms with Crippen molar-refractivity contribution in [2.45, 2.75) is 83.2 Å². The molecule has 10 nitrogen and oxygen atoms in total. The van der Waals surface area contributed by atoms with Crippen LogP contribution in [0, 0.1) is 35.5 Å². The van der Waals surface area contributed by atoms with Gasteiger partial charge in [-0.25, -0.2) is 25.0 Å². The molecule has 2 aromatic heterocycles. The van der Waals surface area contributed by atoms with Crippen molar-refractivity contribution in [2.24, 2.45) is 60.5 Å². The molecule has 7 atom stereocenters. The second-order valence-electron chi connectivity index (χ2n) is 18.9. The zero-order valence-corrected chi connectivity index (χ0v) is 34.3. The molecule has 296 valence electrons. The minimum absolute atomic E-state index is 0.480. The number of hydrogen-bond donors (Lipinski definition) is 1. The van der Waals surface area contributed by atoms with Gasteiger partial charge in [0.25, 0.3) is 0 Å². The third-order valence-electron chi connectivity index (χ3n) is 15.8. The standard InChI is InChI=1S/C48H48N8O2Si/c1-2-10-34-33(9-1)41-49-42(34)52-46-39-15-7-8-16-40(39)48-54-44-36-12-4-3-11-35(36)43(50-44)53-47-38-14-6-5-13-37(38)45(51-41)55(47)59(56(46)48,57-25-31-23-27-17-19-29(31)21-27)58-26-32-24-28-18-20-30(32)22-28/h1,4-9,12-16,27-32,46,50H,2-3,10-11,17-26H2. The molecular weight excluding hydrogens is 749 g/mol. The maximum absolute atomic E-state index is 8.04. The van der Waals surface area contributed by atoms with Crippen LogP contribution in [-0.4, -0.2) is 53.4 Å². The van der Waals surface area contributed by atoms with Gasteiger partial charge in [-0.15, -0.1) is 0 Å². The van der Waals surface area contributed by atoms with E-state index >= 15 is 0 Å². The summed E-state index contributed by atoms with van der Waals surface area (Å²) in [5.74, 6) is 7.93. The summed E-state index contributed by atoms with van der Waals surface area (Å²) in [5.41, 5.74) is 8.33. The maximum atomic E-state index is 8.04. The van der Waals surface area contributed by atoms with Crippen LogP contribution in [0.5, 0.6) is 0 Å². The lowest BCUT2D eigenvalue weighted by molar-refractivity contribution is 0.0617. The molecule has 7 unspecified atom stereocenters. The van der Waals surface area contributed by atoms with Crippen LogP contribution in [0.25, 0.3) is 16.8 Å². The minimum atomic E-state index is -3.99. The molecule has 4 saturated carbocycles. The number of hydrogen-bond acceptors (Lipinski definition) is 8. The topological polar surface area (TPSA) is 104 Å². The third-order valence-corrected chi connectivity index (χ3v) is 19.0. The van der Waals surface area contributed by atoms with E-state index in [4.69, 9.17) is 33.8 Å². The molecule has 0 spiro atoms. The highest BCUT2D eigenvalue weighted by Gasteiger charge is 2.61. The molecule has 11 heteroatoms. The Morgan fingerprint density at radius 3 is 2.15 bits per heavy atom. The number of fused-ring (bicyclic) bond motifs is 18. The largest absolute Gasteiger partial charge is 0.599 e. The van der Waals surface area contributed by atoms with Crippen LogP contribution >= 0.6 is 0 Å². The fourth-order valence-electron chi connectivity index (χ4n) is 13.1. The van der Waals surface area contributed by atoms with E-state index < -0.39 is 15.0 Å². The van der Waals surface area contributed by atoms with Crippen molar-refractivity contribution in [2.75, 3.05) is 13.2 Å². The van der Waals surface area contributed by atoms with E-state index in [9.17, 15) is 0 Å². The maximum Gasteiger partial charge on any atom is 0.599 e. The van der Waals surface area contributed by atoms with Crippen LogP contribution in [0.2, 0.25) is 0 Å². The van der Waals surface area contributed by atoms with Gasteiger partial charge < -0.3 is 13.8 Å². The van der Waals surface area contributed by atoms with Crippen LogP contribution in [0.4, 0.5) is 11.6 Å². The first-order valence-corrected chi connectivity index (χ1v) is 24.2. The number of H-pyrrole nitrogens is 1. The monoisotopic (exact) mass is 796 g/mol. The molecule has 10 aliphatic rings. The van der Waals surface area contributed by atoms with E-state index in [1.165, 1.54) is 62.5 Å². The predicted molar refractivity (Wildman–Crippen MR) is 230 cm³/mol. The summed E-state index contributed by atoms with van der Waals surface area (Å²) >= 11 is 0. The third kappa shape index (κ3) is 4.83. The highest BCUT2D eigenvalue weighted by Crippen LogP contribution is 2.51. The Morgan fingerprint density at radius 2 is 1.41 bits per heavy atom. The molecule has 59 heavy (non-hydrogen) atoms. The lowest BCUT2D eigenvalue weighted by Gasteiger charge is -2.42. The Balaban J connectivity index is 1.13. The predicted octanol–water partition coefficient (Wildman–Crippen LogP) is 8.57. The number of aromatic nitrogens is 2. The molecule has 1 N–H and O–H groups in total. The number of nitrogens with one attached hydrogen (secondary N) is 1. The number of aromatic amines is 1. The highest BCUT2D eigenvalue weighted by atomic mass is 28.4. The first kappa shape index (κ1) is 33.8. The Labute approximate surface area is 344 Å². The average molecular weight is 797 g/mol. The van der Waals surface area contributed by atoms with Crippen LogP contribution in [0.15, 0.2) is 103 Å². The Morgan fingerprint density at radius 1 is 0.695 bits per heavy atom. The van der Waals surface area contributed by atoms with Crippen LogP contribution in [0.3, 0.4) is 0 Å². The van der Waals surface area contributed by atoms with Gasteiger partial charge in [-0.1, -0.05) is 85.7 Å². The smallest absolute Gasteiger partial charge is 0.361 e. The lowest BCUT2D eigenvalue weighted by Crippen LogP contribution is -2.70. The van der Waals surface area contributed by atoms with Crippen LogP contribution in [-0.2, 0) is 15.3 Å². The first-order valence-electron chi connectivity index (χ1n) is 22.5. The summed E-state index contributed by atoms with van der Waals surface area (Å²) in [6, 6.07) is 17.4. The molecular formula is C48H48N8O2Si. The second kappa shape index (κ2) is 12.5. The zero-order chi connectivity index (χ0) is 38.4. The van der Waals surface area contributed by atoms with Gasteiger partial charge in [0.15, 0.2) is 11.7 Å². The fourth-order valence-corrected chi connectivity index (χ4v) is 16.6. The highest BCUT2D eigenvalue weighted by molar-refractivity contribution is 6.66. The van der Waals surface area contributed by atoms with E-state index in [-0.39, 0.29) is 0 Å². The van der Waals surface area contributed by atoms with Crippen molar-refractivity contribution < 1.29 is 8.85 Å². The number of allylic oxidation sites excluding steroid dienone is 2. The molecule has 4 fully saturated rings. The van der Waals surface area contributed by atoms with Gasteiger partial charge in [0.2, 0.25) is 0 Å². The SMILES string of the molecule is C1=CC2=C(CC1)C1=NC3c4ccccc4C4=Nc5[nH]c(c6c5C=CCC6)N=c5c6ccccc6c(n5[Si](OCC5CC6CCC5C6)(OCC5CC6CCC5C6)N43)=NC2=N1. The van der Waals surface area contributed by atoms with Gasteiger partial charge in [0.1, 0.15) is 34.6 Å². The van der Waals surface area contributed by atoms with Gasteiger partial charge in [-0.05, 0) is 99.7 Å². The van der Waals surface area contributed by atoms with Gasteiger partial charge in [-0.3, -0.25) is 8.80 Å². The second-order valence-corrected chi connectivity index (χ2v) is 21.5. The van der Waals surface area contributed by atoms with Crippen molar-refractivity contribution in [1.82, 2.24) is 13.8 Å².